The monoisotopic (exact) mass is 426 g/mol. The number of benzene rings is 2. The number of nitrogens with one attached hydrogen (secondary N) is 1. The van der Waals surface area contributed by atoms with E-state index in [1.807, 2.05) is 18.2 Å². The fourth-order valence-corrected chi connectivity index (χ4v) is 2.95. The molecular weight excluding hydrogens is 400 g/mol. The molecular formula is C23H26N2O6. The second kappa shape index (κ2) is 11.4. The maximum Gasteiger partial charge on any atom is 0.261 e. The normalized spacial score (nSPS) is 10.6. The van der Waals surface area contributed by atoms with E-state index >= 15 is 0 Å². The van der Waals surface area contributed by atoms with Crippen molar-refractivity contribution < 1.29 is 28.5 Å². The standard InChI is InChI=1S/C23H26N2O6/c1-27-18-7-6-15(11-19(18)28-2)8-9-25-23(26)17(14-24)10-16-12-20(29-3)22(31-5)21(13-16)30-4/h6-7,10-13H,8-9H2,1-5H3,(H,25,26)/b17-10+. The lowest BCUT2D eigenvalue weighted by molar-refractivity contribution is -0.117. The van der Waals surface area contributed by atoms with Crippen molar-refractivity contribution in [1.82, 2.24) is 5.32 Å². The summed E-state index contributed by atoms with van der Waals surface area (Å²) in [5, 5.41) is 12.2. The molecule has 2 aromatic rings. The maximum atomic E-state index is 12.5. The number of rotatable bonds is 10. The van der Waals surface area contributed by atoms with Crippen LogP contribution in [0.2, 0.25) is 0 Å². The highest BCUT2D eigenvalue weighted by Crippen LogP contribution is 2.38. The second-order valence-corrected chi connectivity index (χ2v) is 6.32. The van der Waals surface area contributed by atoms with Gasteiger partial charge in [0.15, 0.2) is 23.0 Å². The largest absolute Gasteiger partial charge is 0.493 e. The third kappa shape index (κ3) is 5.82. The Balaban J connectivity index is 2.12. The van der Waals surface area contributed by atoms with E-state index in [9.17, 15) is 10.1 Å². The summed E-state index contributed by atoms with van der Waals surface area (Å²) in [7, 11) is 7.63. The molecule has 0 spiro atoms. The number of amides is 1. The van der Waals surface area contributed by atoms with Gasteiger partial charge in [0.2, 0.25) is 5.75 Å². The maximum absolute atomic E-state index is 12.5. The van der Waals surface area contributed by atoms with Crippen LogP contribution in [0, 0.1) is 11.3 Å². The number of ether oxygens (including phenoxy) is 5. The number of carbonyl (C=O) groups excluding carboxylic acids is 1. The molecule has 0 aliphatic heterocycles. The van der Waals surface area contributed by atoms with Gasteiger partial charge < -0.3 is 29.0 Å². The highest BCUT2D eigenvalue weighted by Gasteiger charge is 2.15. The molecule has 0 saturated carbocycles. The Hall–Kier alpha value is -3.86. The van der Waals surface area contributed by atoms with Crippen molar-refractivity contribution in [3.63, 3.8) is 0 Å². The summed E-state index contributed by atoms with van der Waals surface area (Å²) in [4.78, 5) is 12.5. The van der Waals surface area contributed by atoms with E-state index < -0.39 is 5.91 Å². The molecule has 2 aromatic carbocycles. The van der Waals surface area contributed by atoms with Crippen molar-refractivity contribution in [2.75, 3.05) is 42.1 Å². The lowest BCUT2D eigenvalue weighted by Gasteiger charge is -2.13. The molecule has 8 nitrogen and oxygen atoms in total. The zero-order valence-corrected chi connectivity index (χ0v) is 18.3. The summed E-state index contributed by atoms with van der Waals surface area (Å²) in [6, 6.07) is 10.8. The molecule has 1 amide bonds. The van der Waals surface area contributed by atoms with Gasteiger partial charge in [0.1, 0.15) is 11.6 Å². The summed E-state index contributed by atoms with van der Waals surface area (Å²) >= 11 is 0. The molecule has 0 heterocycles. The van der Waals surface area contributed by atoms with Crippen molar-refractivity contribution in [2.24, 2.45) is 0 Å². The topological polar surface area (TPSA) is 99.0 Å². The third-order valence-electron chi connectivity index (χ3n) is 4.51. The van der Waals surface area contributed by atoms with Crippen LogP contribution < -0.4 is 29.0 Å². The predicted octanol–water partition coefficient (Wildman–Crippen LogP) is 3.00. The molecule has 0 radical (unpaired) electrons. The Kier molecular flexibility index (Phi) is 8.58. The molecule has 0 bridgehead atoms. The van der Waals surface area contributed by atoms with Crippen molar-refractivity contribution in [1.29, 1.82) is 5.26 Å². The number of nitrogens with zero attached hydrogens (tertiary/aromatic N) is 1. The Morgan fingerprint density at radius 2 is 1.52 bits per heavy atom. The zero-order chi connectivity index (χ0) is 22.8. The molecule has 0 aliphatic rings. The van der Waals surface area contributed by atoms with Crippen LogP contribution in [-0.2, 0) is 11.2 Å². The zero-order valence-electron chi connectivity index (χ0n) is 18.3. The van der Waals surface area contributed by atoms with Crippen molar-refractivity contribution in [3.8, 4) is 34.8 Å². The van der Waals surface area contributed by atoms with Crippen LogP contribution in [0.4, 0.5) is 0 Å². The second-order valence-electron chi connectivity index (χ2n) is 6.32. The van der Waals surface area contributed by atoms with Gasteiger partial charge >= 0.3 is 0 Å². The van der Waals surface area contributed by atoms with Gasteiger partial charge in [0.25, 0.3) is 5.91 Å². The Labute approximate surface area is 181 Å². The van der Waals surface area contributed by atoms with Crippen molar-refractivity contribution in [2.45, 2.75) is 6.42 Å². The van der Waals surface area contributed by atoms with Gasteiger partial charge in [-0.2, -0.15) is 5.26 Å². The third-order valence-corrected chi connectivity index (χ3v) is 4.51. The summed E-state index contributed by atoms with van der Waals surface area (Å²) in [5.41, 5.74) is 1.49. The molecule has 0 fully saturated rings. The van der Waals surface area contributed by atoms with Gasteiger partial charge in [0.05, 0.1) is 35.5 Å². The highest BCUT2D eigenvalue weighted by atomic mass is 16.5. The van der Waals surface area contributed by atoms with Gasteiger partial charge in [-0.05, 0) is 47.9 Å². The van der Waals surface area contributed by atoms with Gasteiger partial charge in [0, 0.05) is 6.54 Å². The molecule has 0 saturated heterocycles. The smallest absolute Gasteiger partial charge is 0.261 e. The van der Waals surface area contributed by atoms with Crippen molar-refractivity contribution in [3.05, 3.63) is 47.0 Å². The summed E-state index contributed by atoms with van der Waals surface area (Å²) in [6.07, 6.45) is 2.03. The molecule has 0 unspecified atom stereocenters. The van der Waals surface area contributed by atoms with Crippen LogP contribution in [0.15, 0.2) is 35.9 Å². The number of nitriles is 1. The first-order chi connectivity index (χ1) is 15.0. The first-order valence-corrected chi connectivity index (χ1v) is 9.42. The summed E-state index contributed by atoms with van der Waals surface area (Å²) < 4.78 is 26.4. The molecule has 31 heavy (non-hydrogen) atoms. The fourth-order valence-electron chi connectivity index (χ4n) is 2.95. The average Bonchev–Trinajstić information content (AvgIpc) is 2.81. The van der Waals surface area contributed by atoms with Gasteiger partial charge in [-0.15, -0.1) is 0 Å². The van der Waals surface area contributed by atoms with E-state index in [0.717, 1.165) is 5.56 Å². The quantitative estimate of drug-likeness (QED) is 0.461. The van der Waals surface area contributed by atoms with Gasteiger partial charge in [-0.1, -0.05) is 6.07 Å². The molecule has 8 heteroatoms. The van der Waals surface area contributed by atoms with E-state index in [1.165, 1.54) is 27.4 Å². The van der Waals surface area contributed by atoms with Crippen LogP contribution in [0.3, 0.4) is 0 Å². The van der Waals surface area contributed by atoms with Gasteiger partial charge in [-0.25, -0.2) is 0 Å². The SMILES string of the molecule is COc1ccc(CCNC(=O)/C(C#N)=C/c2cc(OC)c(OC)c(OC)c2)cc1OC. The van der Waals surface area contributed by atoms with Crippen LogP contribution in [0.25, 0.3) is 6.08 Å². The van der Waals surface area contributed by atoms with E-state index in [1.54, 1.807) is 32.4 Å². The minimum Gasteiger partial charge on any atom is -0.493 e. The molecule has 164 valence electrons. The van der Waals surface area contributed by atoms with E-state index in [0.29, 0.717) is 47.3 Å². The van der Waals surface area contributed by atoms with Crippen LogP contribution in [0.1, 0.15) is 11.1 Å². The minimum absolute atomic E-state index is 0.0402. The average molecular weight is 426 g/mol. The van der Waals surface area contributed by atoms with Crippen LogP contribution in [-0.4, -0.2) is 48.0 Å². The fraction of sp³-hybridized carbons (Fsp3) is 0.304. The molecule has 2 rings (SSSR count). The highest BCUT2D eigenvalue weighted by molar-refractivity contribution is 6.01. The predicted molar refractivity (Wildman–Crippen MR) is 116 cm³/mol. The van der Waals surface area contributed by atoms with Crippen LogP contribution in [0.5, 0.6) is 28.7 Å². The van der Waals surface area contributed by atoms with E-state index in [4.69, 9.17) is 23.7 Å². The van der Waals surface area contributed by atoms with E-state index in [2.05, 4.69) is 5.32 Å². The lowest BCUT2D eigenvalue weighted by Crippen LogP contribution is -2.26. The summed E-state index contributed by atoms with van der Waals surface area (Å²) in [5.74, 6) is 2.07. The Morgan fingerprint density at radius 1 is 0.903 bits per heavy atom. The Bertz CT molecular complexity index is 969. The van der Waals surface area contributed by atoms with Gasteiger partial charge in [-0.3, -0.25) is 4.79 Å². The minimum atomic E-state index is -0.475. The van der Waals surface area contributed by atoms with Crippen LogP contribution >= 0.6 is 0 Å². The molecule has 1 N–H and O–H groups in total. The molecule has 0 aliphatic carbocycles. The molecule has 0 atom stereocenters. The molecule has 0 aromatic heterocycles. The number of carbonyl (C=O) groups is 1. The number of hydrogen-bond donors (Lipinski definition) is 1. The first kappa shape index (κ1) is 23.4. The number of methoxy groups -OCH3 is 5. The van der Waals surface area contributed by atoms with Crippen molar-refractivity contribution >= 4 is 12.0 Å². The Morgan fingerprint density at radius 3 is 2.03 bits per heavy atom. The number of hydrogen-bond acceptors (Lipinski definition) is 7. The van der Waals surface area contributed by atoms with E-state index in [-0.39, 0.29) is 5.57 Å². The summed E-state index contributed by atoms with van der Waals surface area (Å²) in [6.45, 7) is 0.350. The lowest BCUT2D eigenvalue weighted by atomic mass is 10.1. The first-order valence-electron chi connectivity index (χ1n) is 9.42.